The van der Waals surface area contributed by atoms with Crippen molar-refractivity contribution in [2.75, 3.05) is 18.4 Å². The van der Waals surface area contributed by atoms with Gasteiger partial charge in [0.1, 0.15) is 10.8 Å². The predicted octanol–water partition coefficient (Wildman–Crippen LogP) is 6.12. The molecular formula is C24H27FN2O2S. The standard InChI is InChI=1S/C24H27FN2O2S/c1-3-19-15-20(24(30-19)26-23(28)21-8-5-13-29-21)22(17-6-4-7-18(25)14-17)27-11-9-16(2)10-12-27/h4-8,13-16,22H,3,9-12H2,1-2H3,(H,26,28)/t22-/m0/s1. The first-order valence-corrected chi connectivity index (χ1v) is 11.3. The van der Waals surface area contributed by atoms with Gasteiger partial charge in [-0.05, 0) is 74.2 Å². The molecule has 0 spiro atoms. The lowest BCUT2D eigenvalue weighted by Gasteiger charge is -2.37. The number of carbonyl (C=O) groups is 1. The van der Waals surface area contributed by atoms with Gasteiger partial charge in [0.2, 0.25) is 0 Å². The minimum Gasteiger partial charge on any atom is -0.459 e. The van der Waals surface area contributed by atoms with Crippen LogP contribution in [0.1, 0.15) is 59.3 Å². The summed E-state index contributed by atoms with van der Waals surface area (Å²) in [5, 5.41) is 3.85. The lowest BCUT2D eigenvalue weighted by molar-refractivity contribution is 0.0996. The van der Waals surface area contributed by atoms with Crippen LogP contribution in [0.25, 0.3) is 0 Å². The van der Waals surface area contributed by atoms with Crippen LogP contribution in [-0.4, -0.2) is 23.9 Å². The van der Waals surface area contributed by atoms with E-state index < -0.39 is 0 Å². The zero-order chi connectivity index (χ0) is 21.1. The van der Waals surface area contributed by atoms with E-state index in [2.05, 4.69) is 30.1 Å². The fourth-order valence-corrected chi connectivity index (χ4v) is 5.08. The van der Waals surface area contributed by atoms with Gasteiger partial charge in [-0.3, -0.25) is 9.69 Å². The van der Waals surface area contributed by atoms with Gasteiger partial charge < -0.3 is 9.73 Å². The Morgan fingerprint density at radius 2 is 2.07 bits per heavy atom. The van der Waals surface area contributed by atoms with Crippen LogP contribution in [0.5, 0.6) is 0 Å². The number of piperidine rings is 1. The zero-order valence-electron chi connectivity index (χ0n) is 17.4. The second-order valence-electron chi connectivity index (χ2n) is 7.96. The fourth-order valence-electron chi connectivity index (χ4n) is 4.06. The van der Waals surface area contributed by atoms with Gasteiger partial charge >= 0.3 is 0 Å². The molecule has 1 aromatic carbocycles. The summed E-state index contributed by atoms with van der Waals surface area (Å²) in [4.78, 5) is 16.3. The van der Waals surface area contributed by atoms with Crippen LogP contribution in [0.3, 0.4) is 0 Å². The van der Waals surface area contributed by atoms with E-state index in [9.17, 15) is 9.18 Å². The van der Waals surface area contributed by atoms with Crippen LogP contribution in [0.2, 0.25) is 0 Å². The number of nitrogens with zero attached hydrogens (tertiary/aromatic N) is 1. The molecule has 0 bridgehead atoms. The molecule has 1 atom stereocenters. The number of aryl methyl sites for hydroxylation is 1. The Balaban J connectivity index is 1.74. The summed E-state index contributed by atoms with van der Waals surface area (Å²) in [5.74, 6) is 0.466. The monoisotopic (exact) mass is 426 g/mol. The second-order valence-corrected chi connectivity index (χ2v) is 9.09. The van der Waals surface area contributed by atoms with Crippen LogP contribution in [0.4, 0.5) is 9.39 Å². The number of likely N-dealkylation sites (tertiary alicyclic amines) is 1. The first-order valence-electron chi connectivity index (χ1n) is 10.5. The van der Waals surface area contributed by atoms with Gasteiger partial charge in [-0.25, -0.2) is 4.39 Å². The molecule has 158 valence electrons. The molecule has 1 aliphatic heterocycles. The molecular weight excluding hydrogens is 399 g/mol. The first kappa shape index (κ1) is 20.8. The summed E-state index contributed by atoms with van der Waals surface area (Å²) in [7, 11) is 0. The molecule has 0 saturated carbocycles. The number of amides is 1. The Hall–Kier alpha value is -2.44. The Kier molecular flexibility index (Phi) is 6.35. The van der Waals surface area contributed by atoms with Crippen molar-refractivity contribution in [3.05, 3.63) is 76.3 Å². The van der Waals surface area contributed by atoms with Crippen molar-refractivity contribution < 1.29 is 13.6 Å². The van der Waals surface area contributed by atoms with Gasteiger partial charge in [0.05, 0.1) is 12.3 Å². The number of hydrogen-bond acceptors (Lipinski definition) is 4. The van der Waals surface area contributed by atoms with E-state index in [1.807, 2.05) is 6.07 Å². The molecule has 30 heavy (non-hydrogen) atoms. The lowest BCUT2D eigenvalue weighted by Crippen LogP contribution is -2.37. The third-order valence-corrected chi connectivity index (χ3v) is 6.99. The van der Waals surface area contributed by atoms with Gasteiger partial charge in [-0.15, -0.1) is 11.3 Å². The quantitative estimate of drug-likeness (QED) is 0.517. The Bertz CT molecular complexity index is 991. The number of hydrogen-bond donors (Lipinski definition) is 1. The highest BCUT2D eigenvalue weighted by Crippen LogP contribution is 2.41. The van der Waals surface area contributed by atoms with Crippen molar-refractivity contribution >= 4 is 22.2 Å². The molecule has 2 aromatic heterocycles. The smallest absolute Gasteiger partial charge is 0.291 e. The number of carbonyl (C=O) groups excluding carboxylic acids is 1. The average Bonchev–Trinajstić information content (AvgIpc) is 3.40. The molecule has 3 heterocycles. The molecule has 6 heteroatoms. The zero-order valence-corrected chi connectivity index (χ0v) is 18.2. The molecule has 1 saturated heterocycles. The van der Waals surface area contributed by atoms with Crippen molar-refractivity contribution in [1.29, 1.82) is 0 Å². The number of thiophene rings is 1. The van der Waals surface area contributed by atoms with Crippen LogP contribution < -0.4 is 5.32 Å². The highest BCUT2D eigenvalue weighted by molar-refractivity contribution is 7.16. The van der Waals surface area contributed by atoms with E-state index in [1.165, 1.54) is 17.2 Å². The molecule has 3 aromatic rings. The third kappa shape index (κ3) is 4.50. The number of rotatable bonds is 6. The summed E-state index contributed by atoms with van der Waals surface area (Å²) in [6.45, 7) is 6.28. The fraction of sp³-hybridized carbons (Fsp3) is 0.375. The molecule has 0 unspecified atom stereocenters. The summed E-state index contributed by atoms with van der Waals surface area (Å²) < 4.78 is 19.4. The molecule has 0 aliphatic carbocycles. The van der Waals surface area contributed by atoms with Gasteiger partial charge in [0.25, 0.3) is 5.91 Å². The highest BCUT2D eigenvalue weighted by Gasteiger charge is 2.30. The predicted molar refractivity (Wildman–Crippen MR) is 119 cm³/mol. The van der Waals surface area contributed by atoms with Gasteiger partial charge in [0.15, 0.2) is 5.76 Å². The van der Waals surface area contributed by atoms with Crippen LogP contribution in [0.15, 0.2) is 53.1 Å². The van der Waals surface area contributed by atoms with Crippen LogP contribution in [0, 0.1) is 11.7 Å². The average molecular weight is 427 g/mol. The van der Waals surface area contributed by atoms with Gasteiger partial charge in [-0.2, -0.15) is 0 Å². The minimum atomic E-state index is -0.268. The van der Waals surface area contributed by atoms with E-state index in [1.54, 1.807) is 35.6 Å². The number of furan rings is 1. The molecule has 1 fully saturated rings. The second kappa shape index (κ2) is 9.14. The number of benzene rings is 1. The summed E-state index contributed by atoms with van der Waals surface area (Å²) in [5.41, 5.74) is 1.94. The van der Waals surface area contributed by atoms with Crippen molar-refractivity contribution in [1.82, 2.24) is 4.90 Å². The maximum absolute atomic E-state index is 14.1. The van der Waals surface area contributed by atoms with Crippen molar-refractivity contribution in [3.8, 4) is 0 Å². The summed E-state index contributed by atoms with van der Waals surface area (Å²) >= 11 is 1.58. The van der Waals surface area contributed by atoms with Crippen LogP contribution in [-0.2, 0) is 6.42 Å². The van der Waals surface area contributed by atoms with Crippen molar-refractivity contribution in [3.63, 3.8) is 0 Å². The first-order chi connectivity index (χ1) is 14.5. The van der Waals surface area contributed by atoms with Gasteiger partial charge in [0, 0.05) is 10.4 Å². The lowest BCUT2D eigenvalue weighted by atomic mass is 9.92. The van der Waals surface area contributed by atoms with E-state index in [0.29, 0.717) is 5.92 Å². The minimum absolute atomic E-state index is 0.100. The van der Waals surface area contributed by atoms with E-state index in [4.69, 9.17) is 4.42 Å². The number of nitrogens with one attached hydrogen (secondary N) is 1. The number of halogens is 1. The molecule has 4 rings (SSSR count). The van der Waals surface area contributed by atoms with E-state index >= 15 is 0 Å². The Morgan fingerprint density at radius 3 is 2.73 bits per heavy atom. The molecule has 4 nitrogen and oxygen atoms in total. The Morgan fingerprint density at radius 1 is 1.27 bits per heavy atom. The van der Waals surface area contributed by atoms with E-state index in [-0.39, 0.29) is 23.5 Å². The Labute approximate surface area is 180 Å². The SMILES string of the molecule is CCc1cc([C@H](c2cccc(F)c2)N2CCC(C)CC2)c(NC(=O)c2ccco2)s1. The van der Waals surface area contributed by atoms with Crippen LogP contribution >= 0.6 is 11.3 Å². The third-order valence-electron chi connectivity index (χ3n) is 5.77. The van der Waals surface area contributed by atoms with Gasteiger partial charge in [-0.1, -0.05) is 26.0 Å². The maximum Gasteiger partial charge on any atom is 0.291 e. The van der Waals surface area contributed by atoms with Crippen molar-refractivity contribution in [2.24, 2.45) is 5.92 Å². The molecule has 1 amide bonds. The molecule has 0 radical (unpaired) electrons. The molecule has 1 aliphatic rings. The van der Waals surface area contributed by atoms with Crippen molar-refractivity contribution in [2.45, 2.75) is 39.2 Å². The van der Waals surface area contributed by atoms with E-state index in [0.717, 1.165) is 48.5 Å². The maximum atomic E-state index is 14.1. The largest absolute Gasteiger partial charge is 0.459 e. The normalized spacial score (nSPS) is 16.5. The highest BCUT2D eigenvalue weighted by atomic mass is 32.1. The summed E-state index contributed by atoms with van der Waals surface area (Å²) in [6, 6.07) is 12.2. The molecule has 1 N–H and O–H groups in total. The summed E-state index contributed by atoms with van der Waals surface area (Å²) in [6.07, 6.45) is 4.60. The topological polar surface area (TPSA) is 45.5 Å². The number of anilines is 1.